The standard InChI is InChI=1S/C29H28N2O6/c1-3-16-36-28(34)30-20-14-12-19(13-15-20)17-26(27(32)33)31(2)29(35)37-18-25-23-10-6-4-8-21(23)22-9-5-7-11-24(22)25/h3-15,25-26H,1,16-18H2,2H3,(H,30,34)(H,32,33)/t26-/m0/s1. The van der Waals surface area contributed by atoms with Crippen LogP contribution in [0.1, 0.15) is 22.6 Å². The van der Waals surface area contributed by atoms with Crippen LogP contribution in [0.2, 0.25) is 0 Å². The van der Waals surface area contributed by atoms with Crippen LogP contribution < -0.4 is 5.32 Å². The number of benzene rings is 3. The Bertz CT molecular complexity index is 1260. The van der Waals surface area contributed by atoms with Gasteiger partial charge in [0.25, 0.3) is 0 Å². The molecular formula is C29H28N2O6. The Morgan fingerprint density at radius 1 is 0.973 bits per heavy atom. The number of hydrogen-bond donors (Lipinski definition) is 2. The number of likely N-dealkylation sites (N-methyl/N-ethyl adjacent to an activating group) is 1. The Morgan fingerprint density at radius 2 is 1.57 bits per heavy atom. The van der Waals surface area contributed by atoms with Crippen molar-refractivity contribution < 1.29 is 29.0 Å². The van der Waals surface area contributed by atoms with Crippen LogP contribution in [0.4, 0.5) is 15.3 Å². The van der Waals surface area contributed by atoms with Crippen molar-refractivity contribution in [3.63, 3.8) is 0 Å². The van der Waals surface area contributed by atoms with Crippen molar-refractivity contribution in [2.75, 3.05) is 25.6 Å². The highest BCUT2D eigenvalue weighted by Crippen LogP contribution is 2.44. The van der Waals surface area contributed by atoms with Gasteiger partial charge in [-0.25, -0.2) is 14.4 Å². The third-order valence-electron chi connectivity index (χ3n) is 6.34. The van der Waals surface area contributed by atoms with Crippen molar-refractivity contribution >= 4 is 23.8 Å². The van der Waals surface area contributed by atoms with E-state index in [1.807, 2.05) is 48.5 Å². The lowest BCUT2D eigenvalue weighted by molar-refractivity contribution is -0.142. The molecule has 0 spiro atoms. The minimum atomic E-state index is -1.15. The van der Waals surface area contributed by atoms with E-state index in [0.717, 1.165) is 27.2 Å². The number of amides is 2. The molecule has 0 saturated heterocycles. The quantitative estimate of drug-likeness (QED) is 0.387. The average Bonchev–Trinajstić information content (AvgIpc) is 3.23. The van der Waals surface area contributed by atoms with Crippen LogP contribution in [0.5, 0.6) is 0 Å². The predicted molar refractivity (Wildman–Crippen MR) is 140 cm³/mol. The predicted octanol–water partition coefficient (Wildman–Crippen LogP) is 5.30. The van der Waals surface area contributed by atoms with E-state index in [-0.39, 0.29) is 25.6 Å². The molecule has 1 aliphatic carbocycles. The Labute approximate surface area is 215 Å². The van der Waals surface area contributed by atoms with Gasteiger partial charge in [0.05, 0.1) is 0 Å². The van der Waals surface area contributed by atoms with Gasteiger partial charge in [-0.15, -0.1) is 0 Å². The van der Waals surface area contributed by atoms with E-state index >= 15 is 0 Å². The number of ether oxygens (including phenoxy) is 2. The number of fused-ring (bicyclic) bond motifs is 3. The normalized spacial score (nSPS) is 12.6. The van der Waals surface area contributed by atoms with Gasteiger partial charge >= 0.3 is 18.2 Å². The van der Waals surface area contributed by atoms with E-state index < -0.39 is 24.2 Å². The molecule has 0 saturated carbocycles. The second-order valence-corrected chi connectivity index (χ2v) is 8.68. The first-order chi connectivity index (χ1) is 17.9. The largest absolute Gasteiger partial charge is 0.480 e. The molecule has 0 fully saturated rings. The van der Waals surface area contributed by atoms with Crippen LogP contribution in [0.25, 0.3) is 11.1 Å². The van der Waals surface area contributed by atoms with Crippen LogP contribution in [0, 0.1) is 0 Å². The molecule has 3 aromatic rings. The summed E-state index contributed by atoms with van der Waals surface area (Å²) in [6, 6.07) is 21.5. The molecule has 0 unspecified atom stereocenters. The topological polar surface area (TPSA) is 105 Å². The van der Waals surface area contributed by atoms with E-state index in [1.54, 1.807) is 24.3 Å². The molecule has 0 bridgehead atoms. The molecule has 2 N–H and O–H groups in total. The number of carbonyl (C=O) groups is 3. The Balaban J connectivity index is 1.39. The second kappa shape index (κ2) is 11.4. The van der Waals surface area contributed by atoms with Crippen molar-refractivity contribution in [2.45, 2.75) is 18.4 Å². The first-order valence-electron chi connectivity index (χ1n) is 11.8. The number of carboxylic acid groups (broad SMARTS) is 1. The zero-order valence-corrected chi connectivity index (χ0v) is 20.4. The fourth-order valence-electron chi connectivity index (χ4n) is 4.45. The summed E-state index contributed by atoms with van der Waals surface area (Å²) >= 11 is 0. The molecular weight excluding hydrogens is 472 g/mol. The lowest BCUT2D eigenvalue weighted by Gasteiger charge is -2.25. The van der Waals surface area contributed by atoms with Crippen LogP contribution in [0.15, 0.2) is 85.5 Å². The van der Waals surface area contributed by atoms with Crippen molar-refractivity contribution in [1.82, 2.24) is 4.90 Å². The third-order valence-corrected chi connectivity index (χ3v) is 6.34. The molecule has 0 aromatic heterocycles. The molecule has 0 aliphatic heterocycles. The highest BCUT2D eigenvalue weighted by atomic mass is 16.6. The third kappa shape index (κ3) is 5.81. The number of hydrogen-bond acceptors (Lipinski definition) is 5. The summed E-state index contributed by atoms with van der Waals surface area (Å²) < 4.78 is 10.5. The van der Waals surface area contributed by atoms with E-state index in [0.29, 0.717) is 11.3 Å². The number of rotatable bonds is 9. The molecule has 0 radical (unpaired) electrons. The van der Waals surface area contributed by atoms with E-state index in [1.165, 1.54) is 13.1 Å². The number of carboxylic acids is 1. The fourth-order valence-corrected chi connectivity index (χ4v) is 4.45. The van der Waals surface area contributed by atoms with Crippen LogP contribution in [-0.2, 0) is 20.7 Å². The van der Waals surface area contributed by atoms with Crippen molar-refractivity contribution in [2.24, 2.45) is 0 Å². The van der Waals surface area contributed by atoms with Gasteiger partial charge < -0.3 is 14.6 Å². The lowest BCUT2D eigenvalue weighted by Crippen LogP contribution is -2.44. The summed E-state index contributed by atoms with van der Waals surface area (Å²) in [6.45, 7) is 3.67. The summed E-state index contributed by atoms with van der Waals surface area (Å²) in [7, 11) is 1.42. The molecule has 8 heteroatoms. The van der Waals surface area contributed by atoms with Gasteiger partial charge in [0.1, 0.15) is 19.3 Å². The van der Waals surface area contributed by atoms with Gasteiger partial charge in [0, 0.05) is 25.1 Å². The fraction of sp³-hybridized carbons (Fsp3) is 0.207. The number of nitrogens with one attached hydrogen (secondary N) is 1. The molecule has 190 valence electrons. The maximum absolute atomic E-state index is 12.9. The molecule has 4 rings (SSSR count). The number of anilines is 1. The summed E-state index contributed by atoms with van der Waals surface area (Å²) in [6.07, 6.45) is 0.197. The molecule has 0 heterocycles. The monoisotopic (exact) mass is 500 g/mol. The Kier molecular flexibility index (Phi) is 7.88. The minimum Gasteiger partial charge on any atom is -0.480 e. The Hall–Kier alpha value is -4.59. The molecule has 2 amide bonds. The molecule has 37 heavy (non-hydrogen) atoms. The average molecular weight is 501 g/mol. The first-order valence-corrected chi connectivity index (χ1v) is 11.8. The zero-order chi connectivity index (χ0) is 26.4. The Morgan fingerprint density at radius 3 is 2.14 bits per heavy atom. The zero-order valence-electron chi connectivity index (χ0n) is 20.4. The van der Waals surface area contributed by atoms with E-state index in [4.69, 9.17) is 9.47 Å². The van der Waals surface area contributed by atoms with Crippen LogP contribution in [-0.4, -0.2) is 54.5 Å². The van der Waals surface area contributed by atoms with Crippen molar-refractivity contribution in [3.05, 3.63) is 102 Å². The van der Waals surface area contributed by atoms with Crippen molar-refractivity contribution in [1.29, 1.82) is 0 Å². The maximum Gasteiger partial charge on any atom is 0.411 e. The summed E-state index contributed by atoms with van der Waals surface area (Å²) in [5.41, 5.74) is 5.56. The smallest absolute Gasteiger partial charge is 0.411 e. The second-order valence-electron chi connectivity index (χ2n) is 8.68. The van der Waals surface area contributed by atoms with Gasteiger partial charge in [-0.1, -0.05) is 73.3 Å². The van der Waals surface area contributed by atoms with Gasteiger partial charge in [-0.3, -0.25) is 10.2 Å². The number of aliphatic carboxylic acids is 1. The molecule has 1 atom stereocenters. The highest BCUT2D eigenvalue weighted by Gasteiger charge is 2.32. The summed E-state index contributed by atoms with van der Waals surface area (Å²) in [5.74, 6) is -1.27. The van der Waals surface area contributed by atoms with Gasteiger partial charge in [0.2, 0.25) is 0 Å². The highest BCUT2D eigenvalue weighted by molar-refractivity contribution is 5.85. The maximum atomic E-state index is 12.9. The molecule has 3 aromatic carbocycles. The van der Waals surface area contributed by atoms with E-state index in [2.05, 4.69) is 11.9 Å². The summed E-state index contributed by atoms with van der Waals surface area (Å²) in [4.78, 5) is 37.7. The molecule has 8 nitrogen and oxygen atoms in total. The van der Waals surface area contributed by atoms with E-state index in [9.17, 15) is 19.5 Å². The number of nitrogens with zero attached hydrogens (tertiary/aromatic N) is 1. The van der Waals surface area contributed by atoms with Gasteiger partial charge in [-0.05, 0) is 39.9 Å². The van der Waals surface area contributed by atoms with Gasteiger partial charge in [0.15, 0.2) is 0 Å². The summed E-state index contributed by atoms with van der Waals surface area (Å²) in [5, 5.41) is 12.4. The first kappa shape index (κ1) is 25.5. The molecule has 1 aliphatic rings. The van der Waals surface area contributed by atoms with Crippen molar-refractivity contribution in [3.8, 4) is 11.1 Å². The van der Waals surface area contributed by atoms with Gasteiger partial charge in [-0.2, -0.15) is 0 Å². The van der Waals surface area contributed by atoms with Crippen LogP contribution in [0.3, 0.4) is 0 Å². The minimum absolute atomic E-state index is 0.0667. The number of carbonyl (C=O) groups excluding carboxylic acids is 2. The van der Waals surface area contributed by atoms with Crippen LogP contribution >= 0.6 is 0 Å². The lowest BCUT2D eigenvalue weighted by atomic mass is 9.98. The SMILES string of the molecule is C=CCOC(=O)Nc1ccc(C[C@@H](C(=O)O)N(C)C(=O)OCC2c3ccccc3-c3ccccc32)cc1.